The molecule has 3 N–H and O–H groups in total. The van der Waals surface area contributed by atoms with E-state index in [9.17, 15) is 10.2 Å². The smallest absolute Gasteiger partial charge is 0.148 e. The van der Waals surface area contributed by atoms with Gasteiger partial charge in [-0.05, 0) is 26.0 Å². The van der Waals surface area contributed by atoms with Crippen molar-refractivity contribution in [1.82, 2.24) is 9.78 Å². The molecule has 0 aliphatic carbocycles. The van der Waals surface area contributed by atoms with Crippen molar-refractivity contribution in [2.75, 3.05) is 5.32 Å². The van der Waals surface area contributed by atoms with Gasteiger partial charge in [0, 0.05) is 18.8 Å². The van der Waals surface area contributed by atoms with Crippen molar-refractivity contribution in [1.29, 1.82) is 0 Å². The fraction of sp³-hybridized carbons (Fsp3) is 0.308. The zero-order valence-electron chi connectivity index (χ0n) is 10.7. The van der Waals surface area contributed by atoms with Gasteiger partial charge in [-0.3, -0.25) is 4.68 Å². The molecule has 0 amide bonds. The number of aryl methyl sites for hydroxylation is 2. The highest BCUT2D eigenvalue weighted by molar-refractivity contribution is 5.49. The highest BCUT2D eigenvalue weighted by Gasteiger charge is 2.15. The summed E-state index contributed by atoms with van der Waals surface area (Å²) in [6, 6.07) is 6.38. The number of phenolic OH excluding ortho intramolecular Hbond substituents is 2. The minimum atomic E-state index is -0.236. The molecule has 0 spiro atoms. The van der Waals surface area contributed by atoms with E-state index in [1.54, 1.807) is 22.9 Å². The van der Waals surface area contributed by atoms with Gasteiger partial charge in [-0.25, -0.2) is 0 Å². The number of anilines is 1. The largest absolute Gasteiger partial charge is 0.507 e. The molecule has 0 aliphatic rings. The molecule has 1 aromatic heterocycles. The fourth-order valence-corrected chi connectivity index (χ4v) is 1.91. The van der Waals surface area contributed by atoms with E-state index >= 15 is 0 Å². The predicted octanol–water partition coefficient (Wildman–Crippen LogP) is 2.31. The van der Waals surface area contributed by atoms with E-state index in [2.05, 4.69) is 10.4 Å². The average Bonchev–Trinajstić information content (AvgIpc) is 2.57. The molecule has 2 aromatic rings. The van der Waals surface area contributed by atoms with Gasteiger partial charge in [-0.2, -0.15) is 5.10 Å². The molecule has 0 aliphatic heterocycles. The Morgan fingerprint density at radius 1 is 1.28 bits per heavy atom. The molecule has 1 heterocycles. The SMILES string of the molecule is Cc1cc(NC(C)c2c(O)cccc2O)nn1C. The fourth-order valence-electron chi connectivity index (χ4n) is 1.91. The van der Waals surface area contributed by atoms with Gasteiger partial charge >= 0.3 is 0 Å². The maximum atomic E-state index is 9.77. The Hall–Kier alpha value is -2.17. The van der Waals surface area contributed by atoms with Crippen LogP contribution in [0.4, 0.5) is 5.82 Å². The van der Waals surface area contributed by atoms with Crippen LogP contribution < -0.4 is 5.32 Å². The molecule has 2 rings (SSSR count). The van der Waals surface area contributed by atoms with Crippen molar-refractivity contribution >= 4 is 5.82 Å². The van der Waals surface area contributed by atoms with Crippen LogP contribution in [0.25, 0.3) is 0 Å². The number of nitrogens with zero attached hydrogens (tertiary/aromatic N) is 2. The van der Waals surface area contributed by atoms with Gasteiger partial charge in [-0.1, -0.05) is 6.07 Å². The van der Waals surface area contributed by atoms with Gasteiger partial charge in [-0.15, -0.1) is 0 Å². The second kappa shape index (κ2) is 4.60. The first-order valence-electron chi connectivity index (χ1n) is 5.77. The molecule has 0 bridgehead atoms. The summed E-state index contributed by atoms with van der Waals surface area (Å²) in [5, 5.41) is 27.0. The van der Waals surface area contributed by atoms with Crippen LogP contribution in [-0.2, 0) is 7.05 Å². The number of aromatic hydroxyl groups is 2. The van der Waals surface area contributed by atoms with Gasteiger partial charge < -0.3 is 15.5 Å². The van der Waals surface area contributed by atoms with Crippen molar-refractivity contribution in [2.24, 2.45) is 7.05 Å². The van der Waals surface area contributed by atoms with Crippen LogP contribution in [0.5, 0.6) is 11.5 Å². The third kappa shape index (κ3) is 2.25. The van der Waals surface area contributed by atoms with E-state index < -0.39 is 0 Å². The maximum Gasteiger partial charge on any atom is 0.148 e. The standard InChI is InChI=1S/C13H17N3O2/c1-8-7-12(15-16(8)3)14-9(2)13-10(17)5-4-6-11(13)18/h4-7,9,17-18H,1-3H3,(H,14,15). The van der Waals surface area contributed by atoms with E-state index in [1.807, 2.05) is 27.0 Å². The summed E-state index contributed by atoms with van der Waals surface area (Å²) in [6.45, 7) is 3.82. The molecule has 0 radical (unpaired) electrons. The summed E-state index contributed by atoms with van der Waals surface area (Å²) in [7, 11) is 1.86. The number of nitrogens with one attached hydrogen (secondary N) is 1. The lowest BCUT2D eigenvalue weighted by Gasteiger charge is -2.16. The molecule has 0 fully saturated rings. The highest BCUT2D eigenvalue weighted by atomic mass is 16.3. The van der Waals surface area contributed by atoms with Crippen LogP contribution >= 0.6 is 0 Å². The molecule has 96 valence electrons. The number of benzene rings is 1. The first kappa shape index (κ1) is 12.3. The van der Waals surface area contributed by atoms with Crippen LogP contribution in [0.15, 0.2) is 24.3 Å². The van der Waals surface area contributed by atoms with Crippen molar-refractivity contribution in [2.45, 2.75) is 19.9 Å². The summed E-state index contributed by atoms with van der Waals surface area (Å²) < 4.78 is 1.76. The monoisotopic (exact) mass is 247 g/mol. The van der Waals surface area contributed by atoms with Crippen LogP contribution in [-0.4, -0.2) is 20.0 Å². The first-order chi connectivity index (χ1) is 8.49. The van der Waals surface area contributed by atoms with Crippen molar-refractivity contribution in [3.05, 3.63) is 35.5 Å². The maximum absolute atomic E-state index is 9.77. The normalized spacial score (nSPS) is 12.4. The Bertz CT molecular complexity index is 524. The first-order valence-corrected chi connectivity index (χ1v) is 5.77. The lowest BCUT2D eigenvalue weighted by atomic mass is 10.1. The average molecular weight is 247 g/mol. The summed E-state index contributed by atoms with van der Waals surface area (Å²) in [4.78, 5) is 0. The molecular weight excluding hydrogens is 230 g/mol. The predicted molar refractivity (Wildman–Crippen MR) is 69.8 cm³/mol. The number of hydrogen-bond donors (Lipinski definition) is 3. The molecule has 18 heavy (non-hydrogen) atoms. The van der Waals surface area contributed by atoms with Crippen LogP contribution in [0, 0.1) is 6.92 Å². The zero-order valence-corrected chi connectivity index (χ0v) is 10.7. The molecule has 1 aromatic carbocycles. The number of phenols is 2. The Morgan fingerprint density at radius 2 is 1.89 bits per heavy atom. The third-order valence-corrected chi connectivity index (χ3v) is 2.97. The van der Waals surface area contributed by atoms with Crippen molar-refractivity contribution in [3.63, 3.8) is 0 Å². The highest BCUT2D eigenvalue weighted by Crippen LogP contribution is 2.33. The molecule has 5 nitrogen and oxygen atoms in total. The lowest BCUT2D eigenvalue weighted by molar-refractivity contribution is 0.434. The van der Waals surface area contributed by atoms with Gasteiger partial charge in [0.2, 0.25) is 0 Å². The molecule has 1 unspecified atom stereocenters. The summed E-state index contributed by atoms with van der Waals surface area (Å²) in [5.74, 6) is 0.857. The number of rotatable bonds is 3. The summed E-state index contributed by atoms with van der Waals surface area (Å²) in [5.41, 5.74) is 1.51. The second-order valence-electron chi connectivity index (χ2n) is 4.37. The lowest BCUT2D eigenvalue weighted by Crippen LogP contribution is -2.08. The summed E-state index contributed by atoms with van der Waals surface area (Å²) >= 11 is 0. The molecule has 5 heteroatoms. The van der Waals surface area contributed by atoms with Crippen molar-refractivity contribution < 1.29 is 10.2 Å². The molecule has 0 saturated carbocycles. The minimum Gasteiger partial charge on any atom is -0.507 e. The Kier molecular flexibility index (Phi) is 3.14. The molecule has 1 atom stereocenters. The topological polar surface area (TPSA) is 70.3 Å². The third-order valence-electron chi connectivity index (χ3n) is 2.97. The summed E-state index contributed by atoms with van der Waals surface area (Å²) in [6.07, 6.45) is 0. The molecular formula is C13H17N3O2. The van der Waals surface area contributed by atoms with E-state index in [4.69, 9.17) is 0 Å². The minimum absolute atomic E-state index is 0.0719. The Labute approximate surface area is 106 Å². The second-order valence-corrected chi connectivity index (χ2v) is 4.37. The van der Waals surface area contributed by atoms with Gasteiger partial charge in [0.15, 0.2) is 0 Å². The molecule has 0 saturated heterocycles. The van der Waals surface area contributed by atoms with Crippen LogP contribution in [0.2, 0.25) is 0 Å². The van der Waals surface area contributed by atoms with E-state index in [-0.39, 0.29) is 17.5 Å². The van der Waals surface area contributed by atoms with Crippen LogP contribution in [0.1, 0.15) is 24.2 Å². The quantitative estimate of drug-likeness (QED) is 0.778. The van der Waals surface area contributed by atoms with E-state index in [0.29, 0.717) is 11.4 Å². The zero-order chi connectivity index (χ0) is 13.3. The van der Waals surface area contributed by atoms with Gasteiger partial charge in [0.05, 0.1) is 11.6 Å². The van der Waals surface area contributed by atoms with Crippen LogP contribution in [0.3, 0.4) is 0 Å². The Balaban J connectivity index is 2.24. The van der Waals surface area contributed by atoms with Gasteiger partial charge in [0.1, 0.15) is 17.3 Å². The number of hydrogen-bond acceptors (Lipinski definition) is 4. The Morgan fingerprint density at radius 3 is 2.39 bits per heavy atom. The van der Waals surface area contributed by atoms with Crippen molar-refractivity contribution in [3.8, 4) is 11.5 Å². The number of aromatic nitrogens is 2. The van der Waals surface area contributed by atoms with Gasteiger partial charge in [0.25, 0.3) is 0 Å². The van der Waals surface area contributed by atoms with E-state index in [1.165, 1.54) is 0 Å². The van der Waals surface area contributed by atoms with E-state index in [0.717, 1.165) is 5.69 Å².